The summed E-state index contributed by atoms with van der Waals surface area (Å²) in [5.74, 6) is -2.86. The molecule has 0 unspecified atom stereocenters. The number of thiophene rings is 1. The van der Waals surface area contributed by atoms with Crippen molar-refractivity contribution in [2.24, 2.45) is 0 Å². The SMILES string of the molecule is Cc1sccc1-c1cn(COCC[Si](C)(C)C)c2nccc(Oc3c(F)cc([N+](=O)[O-])cc3F)c12. The lowest BCUT2D eigenvalue weighted by atomic mass is 10.1. The molecule has 0 saturated carbocycles. The second-order valence-electron chi connectivity index (χ2n) is 9.36. The van der Waals surface area contributed by atoms with Gasteiger partial charge in [-0.25, -0.2) is 13.8 Å². The van der Waals surface area contributed by atoms with Crippen LogP contribution in [0.15, 0.2) is 42.0 Å². The van der Waals surface area contributed by atoms with E-state index >= 15 is 0 Å². The minimum atomic E-state index is -1.25. The third-order valence-electron chi connectivity index (χ3n) is 5.50. The standard InChI is InChI=1S/C24H25F2N3O4SSi/c1-15-17(6-9-34-15)18-13-28(14-32-8-10-35(2,3)4)24-22(18)21(5-7-27-24)33-23-19(25)11-16(29(30)31)12-20(23)26/h5-7,9,11-13H,8,10,14H2,1-4H3. The molecule has 4 rings (SSSR count). The molecule has 0 aliphatic heterocycles. The summed E-state index contributed by atoms with van der Waals surface area (Å²) >= 11 is 1.58. The Hall–Kier alpha value is -3.15. The van der Waals surface area contributed by atoms with Gasteiger partial charge in [-0.2, -0.15) is 0 Å². The number of nitrogens with zero attached hydrogens (tertiary/aromatic N) is 3. The zero-order valence-corrected chi connectivity index (χ0v) is 21.6. The van der Waals surface area contributed by atoms with Crippen LogP contribution in [-0.4, -0.2) is 29.2 Å². The quantitative estimate of drug-likeness (QED) is 0.100. The Balaban J connectivity index is 1.77. The molecule has 35 heavy (non-hydrogen) atoms. The predicted molar refractivity (Wildman–Crippen MR) is 135 cm³/mol. The van der Waals surface area contributed by atoms with Crippen LogP contribution in [-0.2, 0) is 11.5 Å². The zero-order valence-electron chi connectivity index (χ0n) is 19.8. The van der Waals surface area contributed by atoms with Gasteiger partial charge in [0.2, 0.25) is 0 Å². The molecule has 1 aromatic carbocycles. The first-order chi connectivity index (χ1) is 16.5. The maximum absolute atomic E-state index is 14.6. The molecule has 0 atom stereocenters. The number of aromatic nitrogens is 2. The van der Waals surface area contributed by atoms with Crippen LogP contribution in [0.2, 0.25) is 25.7 Å². The van der Waals surface area contributed by atoms with Gasteiger partial charge in [0, 0.05) is 37.5 Å². The maximum Gasteiger partial charge on any atom is 0.275 e. The monoisotopic (exact) mass is 517 g/mol. The van der Waals surface area contributed by atoms with E-state index in [9.17, 15) is 18.9 Å². The van der Waals surface area contributed by atoms with Crippen LogP contribution in [0.25, 0.3) is 22.2 Å². The summed E-state index contributed by atoms with van der Waals surface area (Å²) in [5, 5.41) is 13.5. The minimum absolute atomic E-state index is 0.183. The third-order valence-corrected chi connectivity index (χ3v) is 8.05. The number of non-ortho nitro benzene ring substituents is 1. The Kier molecular flexibility index (Phi) is 7.02. The number of pyridine rings is 1. The molecular formula is C24H25F2N3O4SSi. The van der Waals surface area contributed by atoms with Gasteiger partial charge in [-0.1, -0.05) is 19.6 Å². The molecule has 3 heterocycles. The lowest BCUT2D eigenvalue weighted by molar-refractivity contribution is -0.385. The molecular weight excluding hydrogens is 492 g/mol. The second-order valence-corrected chi connectivity index (χ2v) is 16.1. The van der Waals surface area contributed by atoms with E-state index in [1.807, 2.05) is 29.1 Å². The van der Waals surface area contributed by atoms with Crippen LogP contribution in [0, 0.1) is 28.7 Å². The molecule has 0 aliphatic rings. The van der Waals surface area contributed by atoms with E-state index in [4.69, 9.17) is 9.47 Å². The number of ether oxygens (including phenoxy) is 2. The normalized spacial score (nSPS) is 11.8. The van der Waals surface area contributed by atoms with Crippen LogP contribution in [0.1, 0.15) is 4.88 Å². The fourth-order valence-corrected chi connectivity index (χ4v) is 5.11. The van der Waals surface area contributed by atoms with Gasteiger partial charge in [-0.05, 0) is 36.0 Å². The van der Waals surface area contributed by atoms with Crippen LogP contribution in [0.5, 0.6) is 11.5 Å². The number of hydrogen-bond acceptors (Lipinski definition) is 6. The molecule has 11 heteroatoms. The Labute approximate surface area is 206 Å². The summed E-state index contributed by atoms with van der Waals surface area (Å²) in [5.41, 5.74) is 1.59. The van der Waals surface area contributed by atoms with E-state index in [-0.39, 0.29) is 12.5 Å². The smallest absolute Gasteiger partial charge is 0.275 e. The van der Waals surface area contributed by atoms with Crippen molar-refractivity contribution in [2.75, 3.05) is 6.61 Å². The van der Waals surface area contributed by atoms with Crippen molar-refractivity contribution >= 4 is 36.1 Å². The summed E-state index contributed by atoms with van der Waals surface area (Å²) < 4.78 is 42.7. The molecule has 3 aromatic heterocycles. The fraction of sp³-hybridized carbons (Fsp3) is 0.292. The van der Waals surface area contributed by atoms with Crippen molar-refractivity contribution in [3.63, 3.8) is 0 Å². The third kappa shape index (κ3) is 5.42. The van der Waals surface area contributed by atoms with Crippen molar-refractivity contribution in [1.82, 2.24) is 9.55 Å². The Bertz CT molecular complexity index is 1370. The number of aryl methyl sites for hydroxylation is 1. The van der Waals surface area contributed by atoms with Crippen molar-refractivity contribution in [2.45, 2.75) is 39.3 Å². The van der Waals surface area contributed by atoms with Gasteiger partial charge in [0.25, 0.3) is 5.69 Å². The molecule has 0 aliphatic carbocycles. The van der Waals surface area contributed by atoms with E-state index in [0.717, 1.165) is 22.0 Å². The highest BCUT2D eigenvalue weighted by molar-refractivity contribution is 7.10. The maximum atomic E-state index is 14.6. The first-order valence-corrected chi connectivity index (χ1v) is 15.5. The van der Waals surface area contributed by atoms with Gasteiger partial charge >= 0.3 is 0 Å². The number of rotatable bonds is 9. The van der Waals surface area contributed by atoms with Gasteiger partial charge < -0.3 is 14.0 Å². The summed E-state index contributed by atoms with van der Waals surface area (Å²) in [6.45, 7) is 9.71. The number of nitro groups is 1. The molecule has 0 N–H and O–H groups in total. The van der Waals surface area contributed by atoms with E-state index in [0.29, 0.717) is 29.8 Å². The number of fused-ring (bicyclic) bond motifs is 1. The Morgan fingerprint density at radius 3 is 2.49 bits per heavy atom. The predicted octanol–water partition coefficient (Wildman–Crippen LogP) is 7.36. The van der Waals surface area contributed by atoms with Gasteiger partial charge in [-0.15, -0.1) is 11.3 Å². The highest BCUT2D eigenvalue weighted by atomic mass is 32.1. The molecule has 184 valence electrons. The van der Waals surface area contributed by atoms with E-state index in [1.165, 1.54) is 12.3 Å². The minimum Gasteiger partial charge on any atom is -0.450 e. The molecule has 0 spiro atoms. The van der Waals surface area contributed by atoms with Crippen LogP contribution >= 0.6 is 11.3 Å². The van der Waals surface area contributed by atoms with E-state index < -0.39 is 36.1 Å². The first-order valence-electron chi connectivity index (χ1n) is 11.0. The Morgan fingerprint density at radius 2 is 1.89 bits per heavy atom. The number of nitro benzene ring substituents is 1. The summed E-state index contributed by atoms with van der Waals surface area (Å²) in [6, 6.07) is 5.78. The van der Waals surface area contributed by atoms with Crippen molar-refractivity contribution in [3.05, 3.63) is 68.7 Å². The van der Waals surface area contributed by atoms with Crippen LogP contribution < -0.4 is 4.74 Å². The molecule has 0 fully saturated rings. The molecule has 7 nitrogen and oxygen atoms in total. The van der Waals surface area contributed by atoms with Crippen LogP contribution in [0.4, 0.5) is 14.5 Å². The van der Waals surface area contributed by atoms with E-state index in [1.54, 1.807) is 11.3 Å². The summed E-state index contributed by atoms with van der Waals surface area (Å²) in [7, 11) is -1.25. The Morgan fingerprint density at radius 1 is 1.17 bits per heavy atom. The highest BCUT2D eigenvalue weighted by Gasteiger charge is 2.23. The van der Waals surface area contributed by atoms with E-state index in [2.05, 4.69) is 24.6 Å². The lowest BCUT2D eigenvalue weighted by Gasteiger charge is -2.15. The number of benzene rings is 1. The summed E-state index contributed by atoms with van der Waals surface area (Å²) in [4.78, 5) is 15.6. The van der Waals surface area contributed by atoms with Crippen molar-refractivity contribution < 1.29 is 23.2 Å². The van der Waals surface area contributed by atoms with Gasteiger partial charge in [0.15, 0.2) is 17.4 Å². The van der Waals surface area contributed by atoms with Gasteiger partial charge in [0.05, 0.1) is 22.4 Å². The number of halogens is 2. The van der Waals surface area contributed by atoms with Crippen molar-refractivity contribution in [1.29, 1.82) is 0 Å². The molecule has 0 saturated heterocycles. The average Bonchev–Trinajstić information content (AvgIpc) is 3.36. The lowest BCUT2D eigenvalue weighted by Crippen LogP contribution is -2.22. The largest absolute Gasteiger partial charge is 0.450 e. The first kappa shape index (κ1) is 25.0. The topological polar surface area (TPSA) is 79.4 Å². The van der Waals surface area contributed by atoms with Gasteiger partial charge in [-0.3, -0.25) is 10.1 Å². The average molecular weight is 518 g/mol. The molecule has 0 radical (unpaired) electrons. The summed E-state index contributed by atoms with van der Waals surface area (Å²) in [6.07, 6.45) is 3.39. The fourth-order valence-electron chi connectivity index (χ4n) is 3.64. The van der Waals surface area contributed by atoms with Gasteiger partial charge in [0.1, 0.15) is 18.1 Å². The molecule has 0 amide bonds. The number of hydrogen-bond donors (Lipinski definition) is 0. The molecule has 4 aromatic rings. The highest BCUT2D eigenvalue weighted by Crippen LogP contribution is 2.41. The van der Waals surface area contributed by atoms with Crippen LogP contribution in [0.3, 0.4) is 0 Å². The zero-order chi connectivity index (χ0) is 25.3. The second kappa shape index (κ2) is 9.84. The molecule has 0 bridgehead atoms. The van der Waals surface area contributed by atoms with Crippen molar-refractivity contribution in [3.8, 4) is 22.6 Å².